The van der Waals surface area contributed by atoms with E-state index in [0.717, 1.165) is 23.9 Å². The predicted octanol–water partition coefficient (Wildman–Crippen LogP) is 3.45. The van der Waals surface area contributed by atoms with Crippen molar-refractivity contribution >= 4 is 10.9 Å². The van der Waals surface area contributed by atoms with Crippen molar-refractivity contribution in [2.45, 2.75) is 12.7 Å². The number of nitrogens with zero attached hydrogens (tertiary/aromatic N) is 2. The number of aromatic nitrogens is 2. The molecule has 5 nitrogen and oxygen atoms in total. The van der Waals surface area contributed by atoms with Gasteiger partial charge in [0.25, 0.3) is 5.56 Å². The molecule has 1 N–H and O–H groups in total. The van der Waals surface area contributed by atoms with Crippen molar-refractivity contribution in [3.63, 3.8) is 0 Å². The summed E-state index contributed by atoms with van der Waals surface area (Å²) in [5.74, 6) is 1.05. The number of halogens is 3. The van der Waals surface area contributed by atoms with Crippen LogP contribution in [0, 0.1) is 0 Å². The van der Waals surface area contributed by atoms with Gasteiger partial charge in [-0.2, -0.15) is 13.2 Å². The lowest BCUT2D eigenvalue weighted by Crippen LogP contribution is -2.26. The summed E-state index contributed by atoms with van der Waals surface area (Å²) in [4.78, 5) is 20.8. The van der Waals surface area contributed by atoms with Gasteiger partial charge in [0.2, 0.25) is 0 Å². The molecule has 0 radical (unpaired) electrons. The summed E-state index contributed by atoms with van der Waals surface area (Å²) in [5, 5.41) is 0.127. The van der Waals surface area contributed by atoms with Crippen molar-refractivity contribution in [3.05, 3.63) is 70.3 Å². The van der Waals surface area contributed by atoms with E-state index in [4.69, 9.17) is 4.74 Å². The van der Waals surface area contributed by atoms with E-state index in [0.29, 0.717) is 19.0 Å². The van der Waals surface area contributed by atoms with Crippen LogP contribution in [0.2, 0.25) is 0 Å². The van der Waals surface area contributed by atoms with Gasteiger partial charge in [-0.25, -0.2) is 4.98 Å². The monoisotopic (exact) mass is 377 g/mol. The van der Waals surface area contributed by atoms with E-state index >= 15 is 0 Å². The minimum atomic E-state index is -4.48. The number of hydrogen-bond acceptors (Lipinski definition) is 4. The summed E-state index contributed by atoms with van der Waals surface area (Å²) < 4.78 is 44.2. The second-order valence-electron chi connectivity index (χ2n) is 6.14. The molecule has 27 heavy (non-hydrogen) atoms. The first kappa shape index (κ1) is 18.9. The van der Waals surface area contributed by atoms with E-state index in [-0.39, 0.29) is 17.4 Å². The number of hydrogen-bond donors (Lipinski definition) is 1. The Bertz CT molecular complexity index is 971. The summed E-state index contributed by atoms with van der Waals surface area (Å²) in [6.07, 6.45) is -4.48. The molecule has 0 aliphatic carbocycles. The van der Waals surface area contributed by atoms with Crippen molar-refractivity contribution < 1.29 is 17.9 Å². The zero-order valence-electron chi connectivity index (χ0n) is 14.6. The van der Waals surface area contributed by atoms with Crippen LogP contribution in [-0.2, 0) is 12.7 Å². The molecule has 0 aliphatic heterocycles. The van der Waals surface area contributed by atoms with Gasteiger partial charge in [0.05, 0.1) is 23.0 Å². The fourth-order valence-electron chi connectivity index (χ4n) is 2.61. The number of para-hydroxylation sites is 1. The summed E-state index contributed by atoms with van der Waals surface area (Å²) in [7, 11) is 1.81. The Kier molecular flexibility index (Phi) is 5.46. The average Bonchev–Trinajstić information content (AvgIpc) is 2.61. The van der Waals surface area contributed by atoms with Gasteiger partial charge in [0, 0.05) is 6.54 Å². The number of alkyl halides is 3. The largest absolute Gasteiger partial charge is 0.492 e. The van der Waals surface area contributed by atoms with E-state index in [1.807, 2.05) is 42.3 Å². The minimum absolute atomic E-state index is 0.0255. The smallest absolute Gasteiger partial charge is 0.416 e. The van der Waals surface area contributed by atoms with Crippen LogP contribution in [0.25, 0.3) is 10.9 Å². The molecule has 2 aromatic carbocycles. The highest BCUT2D eigenvalue weighted by molar-refractivity contribution is 5.78. The minimum Gasteiger partial charge on any atom is -0.492 e. The molecule has 142 valence electrons. The first-order valence-electron chi connectivity index (χ1n) is 8.29. The van der Waals surface area contributed by atoms with Gasteiger partial charge in [-0.3, -0.25) is 9.69 Å². The molecular formula is C19H18F3N3O2. The second-order valence-corrected chi connectivity index (χ2v) is 6.14. The third-order valence-electron chi connectivity index (χ3n) is 3.99. The maximum atomic E-state index is 12.9. The van der Waals surface area contributed by atoms with E-state index in [1.165, 1.54) is 0 Å². The van der Waals surface area contributed by atoms with Crippen LogP contribution in [0.4, 0.5) is 13.2 Å². The summed E-state index contributed by atoms with van der Waals surface area (Å²) in [6, 6.07) is 12.3. The van der Waals surface area contributed by atoms with E-state index in [1.54, 1.807) is 0 Å². The van der Waals surface area contributed by atoms with Crippen molar-refractivity contribution in [2.24, 2.45) is 0 Å². The predicted molar refractivity (Wildman–Crippen MR) is 95.6 cm³/mol. The lowest BCUT2D eigenvalue weighted by atomic mass is 10.1. The molecule has 0 atom stereocenters. The topological polar surface area (TPSA) is 58.2 Å². The summed E-state index contributed by atoms with van der Waals surface area (Å²) in [5.41, 5.74) is -1.26. The van der Waals surface area contributed by atoms with Crippen LogP contribution in [0.3, 0.4) is 0 Å². The third kappa shape index (κ3) is 4.85. The summed E-state index contributed by atoms with van der Waals surface area (Å²) in [6.45, 7) is 1.26. The number of benzene rings is 2. The molecular weight excluding hydrogens is 359 g/mol. The molecule has 0 saturated carbocycles. The highest BCUT2D eigenvalue weighted by Crippen LogP contribution is 2.30. The molecule has 1 heterocycles. The number of likely N-dealkylation sites (N-methyl/N-ethyl adjacent to an activating group) is 1. The number of nitrogens with one attached hydrogen (secondary N) is 1. The van der Waals surface area contributed by atoms with Gasteiger partial charge in [-0.15, -0.1) is 0 Å². The summed E-state index contributed by atoms with van der Waals surface area (Å²) >= 11 is 0. The van der Waals surface area contributed by atoms with Crippen molar-refractivity contribution in [1.29, 1.82) is 0 Å². The molecule has 3 rings (SSSR count). The van der Waals surface area contributed by atoms with Crippen LogP contribution in [-0.4, -0.2) is 35.1 Å². The van der Waals surface area contributed by atoms with Crippen LogP contribution in [0.5, 0.6) is 5.75 Å². The van der Waals surface area contributed by atoms with Gasteiger partial charge in [-0.1, -0.05) is 18.2 Å². The lowest BCUT2D eigenvalue weighted by molar-refractivity contribution is -0.137. The Labute approximate surface area is 153 Å². The van der Waals surface area contributed by atoms with Crippen molar-refractivity contribution in [2.75, 3.05) is 20.2 Å². The first-order valence-corrected chi connectivity index (χ1v) is 8.29. The van der Waals surface area contributed by atoms with E-state index in [9.17, 15) is 18.0 Å². The Morgan fingerprint density at radius 2 is 1.89 bits per heavy atom. The molecule has 0 fully saturated rings. The molecule has 1 aromatic heterocycles. The Balaban J connectivity index is 1.69. The highest BCUT2D eigenvalue weighted by Gasteiger charge is 2.30. The number of H-pyrrole nitrogens is 1. The fraction of sp³-hybridized carbons (Fsp3) is 0.263. The van der Waals surface area contributed by atoms with Gasteiger partial charge in [0.15, 0.2) is 0 Å². The Morgan fingerprint density at radius 3 is 2.59 bits per heavy atom. The molecule has 0 aliphatic rings. The van der Waals surface area contributed by atoms with Gasteiger partial charge >= 0.3 is 6.18 Å². The first-order chi connectivity index (χ1) is 12.8. The fourth-order valence-corrected chi connectivity index (χ4v) is 2.61. The second kappa shape index (κ2) is 7.79. The van der Waals surface area contributed by atoms with Crippen LogP contribution in [0.15, 0.2) is 53.3 Å². The molecule has 0 unspecified atom stereocenters. The van der Waals surface area contributed by atoms with E-state index in [2.05, 4.69) is 9.97 Å². The number of rotatable bonds is 6. The average molecular weight is 377 g/mol. The van der Waals surface area contributed by atoms with Crippen molar-refractivity contribution in [1.82, 2.24) is 14.9 Å². The quantitative estimate of drug-likeness (QED) is 0.715. The normalized spacial score (nSPS) is 11.9. The zero-order chi connectivity index (χ0) is 19.4. The molecule has 3 aromatic rings. The van der Waals surface area contributed by atoms with Crippen LogP contribution < -0.4 is 10.3 Å². The standard InChI is InChI=1S/C19H18F3N3O2/c1-25(9-10-27-14-5-3-2-4-6-14)12-17-23-16-11-13(19(20,21)22)7-8-15(16)18(26)24-17/h2-8,11H,9-10,12H2,1H3,(H,23,24,26). The van der Waals surface area contributed by atoms with Gasteiger partial charge in [-0.05, 0) is 37.4 Å². The van der Waals surface area contributed by atoms with Gasteiger partial charge in [0.1, 0.15) is 18.2 Å². The maximum Gasteiger partial charge on any atom is 0.416 e. The zero-order valence-corrected chi connectivity index (χ0v) is 14.6. The van der Waals surface area contributed by atoms with Gasteiger partial charge < -0.3 is 9.72 Å². The SMILES string of the molecule is CN(CCOc1ccccc1)Cc1nc2cc(C(F)(F)F)ccc2c(=O)[nH]1. The molecule has 0 bridgehead atoms. The molecule has 0 spiro atoms. The van der Waals surface area contributed by atoms with E-state index < -0.39 is 17.3 Å². The Morgan fingerprint density at radius 1 is 1.15 bits per heavy atom. The molecule has 0 amide bonds. The maximum absolute atomic E-state index is 12.9. The molecule has 8 heteroatoms. The number of fused-ring (bicyclic) bond motifs is 1. The number of aromatic amines is 1. The van der Waals surface area contributed by atoms with Crippen molar-refractivity contribution in [3.8, 4) is 5.75 Å². The van der Waals surface area contributed by atoms with Crippen LogP contribution in [0.1, 0.15) is 11.4 Å². The Hall–Kier alpha value is -2.87. The number of ether oxygens (including phenoxy) is 1. The molecule has 0 saturated heterocycles. The highest BCUT2D eigenvalue weighted by atomic mass is 19.4. The third-order valence-corrected chi connectivity index (χ3v) is 3.99. The van der Waals surface area contributed by atoms with Crippen LogP contribution >= 0.6 is 0 Å². The lowest BCUT2D eigenvalue weighted by Gasteiger charge is -2.16.